The molecule has 4 nitrogen and oxygen atoms in total. The van der Waals surface area contributed by atoms with Gasteiger partial charge in [-0.15, -0.1) is 0 Å². The molecular formula is C22H20N2O2S. The number of benzene rings is 2. The third-order valence-electron chi connectivity index (χ3n) is 5.69. The van der Waals surface area contributed by atoms with Crippen molar-refractivity contribution in [2.45, 2.75) is 37.8 Å². The van der Waals surface area contributed by atoms with Crippen LogP contribution in [0.5, 0.6) is 0 Å². The van der Waals surface area contributed by atoms with E-state index in [1.54, 1.807) is 0 Å². The van der Waals surface area contributed by atoms with Crippen molar-refractivity contribution >= 4 is 34.7 Å². The molecule has 2 amide bonds. The standard InChI is InChI=1S/C22H20N2O2S/c25-21-20(27-22(26)24(21)13-14-5-2-1-3-6-14)12-15-9-10-19-17(11-15)16-7-4-8-18(16)23-19/h1-3,5-6,9-12,16,18,23H,4,7-8,13H2/b20-12+. The maximum Gasteiger partial charge on any atom is 0.293 e. The number of thioether (sulfide) groups is 1. The number of carbonyl (C=O) groups excluding carboxylic acids is 2. The molecule has 1 aliphatic carbocycles. The summed E-state index contributed by atoms with van der Waals surface area (Å²) in [5, 5.41) is 3.41. The molecule has 2 fully saturated rings. The summed E-state index contributed by atoms with van der Waals surface area (Å²) >= 11 is 1.03. The Kier molecular flexibility index (Phi) is 4.05. The summed E-state index contributed by atoms with van der Waals surface area (Å²) < 4.78 is 0. The predicted molar refractivity (Wildman–Crippen MR) is 108 cm³/mol. The van der Waals surface area contributed by atoms with Crippen molar-refractivity contribution in [3.8, 4) is 0 Å². The predicted octanol–water partition coefficient (Wildman–Crippen LogP) is 4.98. The van der Waals surface area contributed by atoms with Gasteiger partial charge in [0, 0.05) is 17.6 Å². The van der Waals surface area contributed by atoms with E-state index >= 15 is 0 Å². The van der Waals surface area contributed by atoms with E-state index in [0.29, 0.717) is 23.4 Å². The first-order chi connectivity index (χ1) is 13.2. The molecule has 2 aliphatic heterocycles. The molecule has 2 atom stereocenters. The van der Waals surface area contributed by atoms with Gasteiger partial charge in [0.2, 0.25) is 0 Å². The minimum absolute atomic E-state index is 0.200. The maximum absolute atomic E-state index is 12.7. The molecule has 2 heterocycles. The van der Waals surface area contributed by atoms with E-state index < -0.39 is 0 Å². The van der Waals surface area contributed by atoms with Gasteiger partial charge < -0.3 is 5.32 Å². The quantitative estimate of drug-likeness (QED) is 0.767. The zero-order chi connectivity index (χ0) is 18.4. The first-order valence-electron chi connectivity index (χ1n) is 9.39. The molecule has 1 saturated carbocycles. The number of nitrogens with one attached hydrogen (secondary N) is 1. The Morgan fingerprint density at radius 3 is 2.81 bits per heavy atom. The summed E-state index contributed by atoms with van der Waals surface area (Å²) in [6.45, 7) is 0.320. The number of hydrogen-bond donors (Lipinski definition) is 1. The zero-order valence-corrected chi connectivity index (χ0v) is 15.7. The van der Waals surface area contributed by atoms with Crippen LogP contribution in [0.4, 0.5) is 10.5 Å². The second-order valence-electron chi connectivity index (χ2n) is 7.39. The normalized spacial score (nSPS) is 25.0. The van der Waals surface area contributed by atoms with E-state index in [1.165, 1.54) is 35.4 Å². The van der Waals surface area contributed by atoms with Gasteiger partial charge in [0.15, 0.2) is 0 Å². The minimum Gasteiger partial charge on any atom is -0.381 e. The van der Waals surface area contributed by atoms with E-state index in [4.69, 9.17) is 0 Å². The van der Waals surface area contributed by atoms with Crippen LogP contribution in [0.1, 0.15) is 41.9 Å². The first-order valence-corrected chi connectivity index (χ1v) is 10.2. The van der Waals surface area contributed by atoms with Crippen LogP contribution in [0.3, 0.4) is 0 Å². The molecule has 2 aromatic rings. The summed E-state index contributed by atoms with van der Waals surface area (Å²) in [6, 6.07) is 16.5. The van der Waals surface area contributed by atoms with Gasteiger partial charge in [-0.3, -0.25) is 14.5 Å². The molecule has 3 aliphatic rings. The highest BCUT2D eigenvalue weighted by molar-refractivity contribution is 8.18. The van der Waals surface area contributed by atoms with Gasteiger partial charge in [-0.25, -0.2) is 0 Å². The van der Waals surface area contributed by atoms with Crippen LogP contribution < -0.4 is 5.32 Å². The molecular weight excluding hydrogens is 356 g/mol. The van der Waals surface area contributed by atoms with Gasteiger partial charge >= 0.3 is 0 Å². The Balaban J connectivity index is 1.39. The van der Waals surface area contributed by atoms with E-state index in [0.717, 1.165) is 22.9 Å². The van der Waals surface area contributed by atoms with Crippen LogP contribution >= 0.6 is 11.8 Å². The van der Waals surface area contributed by atoms with Crippen molar-refractivity contribution in [2.24, 2.45) is 0 Å². The zero-order valence-electron chi connectivity index (χ0n) is 14.9. The summed E-state index contributed by atoms with van der Waals surface area (Å²) in [5.74, 6) is 0.382. The topological polar surface area (TPSA) is 49.4 Å². The number of rotatable bonds is 3. The molecule has 5 heteroatoms. The van der Waals surface area contributed by atoms with Crippen molar-refractivity contribution in [3.63, 3.8) is 0 Å². The van der Waals surface area contributed by atoms with E-state index in [2.05, 4.69) is 17.4 Å². The highest BCUT2D eigenvalue weighted by Gasteiger charge is 2.37. The third-order valence-corrected chi connectivity index (χ3v) is 6.59. The van der Waals surface area contributed by atoms with E-state index in [-0.39, 0.29) is 11.1 Å². The summed E-state index contributed by atoms with van der Waals surface area (Å²) in [4.78, 5) is 26.9. The summed E-state index contributed by atoms with van der Waals surface area (Å²) in [7, 11) is 0. The minimum atomic E-state index is -0.203. The average molecular weight is 376 g/mol. The molecule has 2 aromatic carbocycles. The highest BCUT2D eigenvalue weighted by Crippen LogP contribution is 2.45. The Morgan fingerprint density at radius 1 is 1.11 bits per heavy atom. The molecule has 1 saturated heterocycles. The third kappa shape index (κ3) is 2.96. The molecule has 0 spiro atoms. The van der Waals surface area contributed by atoms with Crippen LogP contribution in [0.15, 0.2) is 53.4 Å². The van der Waals surface area contributed by atoms with Gasteiger partial charge in [-0.2, -0.15) is 0 Å². The van der Waals surface area contributed by atoms with Crippen molar-refractivity contribution in [1.29, 1.82) is 0 Å². The van der Waals surface area contributed by atoms with Crippen molar-refractivity contribution in [3.05, 3.63) is 70.1 Å². The maximum atomic E-state index is 12.7. The van der Waals surface area contributed by atoms with Crippen LogP contribution in [-0.4, -0.2) is 22.1 Å². The molecule has 5 rings (SSSR count). The molecule has 0 radical (unpaired) electrons. The first kappa shape index (κ1) is 16.6. The summed E-state index contributed by atoms with van der Waals surface area (Å²) in [6.07, 6.45) is 5.58. The highest BCUT2D eigenvalue weighted by atomic mass is 32.2. The lowest BCUT2D eigenvalue weighted by molar-refractivity contribution is -0.123. The van der Waals surface area contributed by atoms with Crippen molar-refractivity contribution < 1.29 is 9.59 Å². The smallest absolute Gasteiger partial charge is 0.293 e. The lowest BCUT2D eigenvalue weighted by Crippen LogP contribution is -2.27. The summed E-state index contributed by atoms with van der Waals surface area (Å²) in [5.41, 5.74) is 4.53. The van der Waals surface area contributed by atoms with Gasteiger partial charge in [-0.05, 0) is 59.5 Å². The van der Waals surface area contributed by atoms with Crippen LogP contribution in [-0.2, 0) is 11.3 Å². The van der Waals surface area contributed by atoms with Crippen LogP contribution in [0, 0.1) is 0 Å². The second-order valence-corrected chi connectivity index (χ2v) is 8.38. The molecule has 136 valence electrons. The number of imide groups is 1. The fraction of sp³-hybridized carbons (Fsp3) is 0.273. The van der Waals surface area contributed by atoms with E-state index in [9.17, 15) is 9.59 Å². The van der Waals surface area contributed by atoms with Gasteiger partial charge in [0.25, 0.3) is 11.1 Å². The van der Waals surface area contributed by atoms with Crippen molar-refractivity contribution in [1.82, 2.24) is 4.90 Å². The number of fused-ring (bicyclic) bond motifs is 3. The monoisotopic (exact) mass is 376 g/mol. The van der Waals surface area contributed by atoms with Crippen LogP contribution in [0.2, 0.25) is 0 Å². The fourth-order valence-corrected chi connectivity index (χ4v) is 5.21. The lowest BCUT2D eigenvalue weighted by atomic mass is 9.96. The van der Waals surface area contributed by atoms with Crippen LogP contribution in [0.25, 0.3) is 6.08 Å². The van der Waals surface area contributed by atoms with Gasteiger partial charge in [-0.1, -0.05) is 42.8 Å². The number of nitrogens with zero attached hydrogens (tertiary/aromatic N) is 1. The SMILES string of the molecule is O=C1S/C(=C/c2ccc3c(c2)C2CCCC2N3)C(=O)N1Cc1ccccc1. The molecule has 2 unspecified atom stereocenters. The Hall–Kier alpha value is -2.53. The Labute approximate surface area is 162 Å². The largest absolute Gasteiger partial charge is 0.381 e. The van der Waals surface area contributed by atoms with Gasteiger partial charge in [0.1, 0.15) is 0 Å². The Bertz CT molecular complexity index is 954. The Morgan fingerprint density at radius 2 is 1.96 bits per heavy atom. The number of amides is 2. The number of anilines is 1. The fourth-order valence-electron chi connectivity index (χ4n) is 4.37. The average Bonchev–Trinajstić information content (AvgIpc) is 3.33. The molecule has 0 aromatic heterocycles. The van der Waals surface area contributed by atoms with Crippen molar-refractivity contribution in [2.75, 3.05) is 5.32 Å². The lowest BCUT2D eigenvalue weighted by Gasteiger charge is -2.12. The molecule has 1 N–H and O–H groups in total. The number of carbonyl (C=O) groups is 2. The number of hydrogen-bond acceptors (Lipinski definition) is 4. The molecule has 0 bridgehead atoms. The van der Waals surface area contributed by atoms with E-state index in [1.807, 2.05) is 42.5 Å². The molecule has 27 heavy (non-hydrogen) atoms. The second kappa shape index (κ2) is 6.57. The van der Waals surface area contributed by atoms with Gasteiger partial charge in [0.05, 0.1) is 11.4 Å².